The Balaban J connectivity index is 1.70. The van der Waals surface area contributed by atoms with E-state index in [2.05, 4.69) is 30.2 Å². The van der Waals surface area contributed by atoms with Crippen LogP contribution in [0.2, 0.25) is 0 Å². The van der Waals surface area contributed by atoms with Crippen LogP contribution in [-0.2, 0) is 4.79 Å². The average molecular weight is 415 g/mol. The van der Waals surface area contributed by atoms with E-state index in [1.807, 2.05) is 5.32 Å². The predicted molar refractivity (Wildman–Crippen MR) is 105 cm³/mol. The summed E-state index contributed by atoms with van der Waals surface area (Å²) in [5.41, 5.74) is 1.89. The third-order valence-corrected chi connectivity index (χ3v) is 4.41. The zero-order chi connectivity index (χ0) is 21.3. The zero-order valence-corrected chi connectivity index (χ0v) is 15.7. The summed E-state index contributed by atoms with van der Waals surface area (Å²) in [6.07, 6.45) is 0.263. The number of rotatable bonds is 5. The van der Waals surface area contributed by atoms with Crippen LogP contribution in [0, 0.1) is 0 Å². The van der Waals surface area contributed by atoms with Crippen molar-refractivity contribution in [3.05, 3.63) is 43.0 Å². The number of carbonyl (C=O) groups is 1. The van der Waals surface area contributed by atoms with Crippen molar-refractivity contribution in [2.75, 3.05) is 11.9 Å². The van der Waals surface area contributed by atoms with E-state index in [0.29, 0.717) is 33.8 Å². The summed E-state index contributed by atoms with van der Waals surface area (Å²) in [6.45, 7) is 0.0603. The van der Waals surface area contributed by atoms with Gasteiger partial charge in [0.05, 0.1) is 5.52 Å². The first-order valence-electron chi connectivity index (χ1n) is 8.97. The number of anilines is 1. The van der Waals surface area contributed by atoms with Crippen molar-refractivity contribution < 1.29 is 18.0 Å². The van der Waals surface area contributed by atoms with Gasteiger partial charge in [-0.05, 0) is 19.1 Å². The topological polar surface area (TPSA) is 108 Å². The Kier molecular flexibility index (Phi) is 4.94. The van der Waals surface area contributed by atoms with Crippen LogP contribution < -0.4 is 10.6 Å². The maximum atomic E-state index is 12.4. The van der Waals surface area contributed by atoms with Crippen LogP contribution in [0.15, 0.2) is 43.0 Å². The van der Waals surface area contributed by atoms with E-state index in [-0.39, 0.29) is 0 Å². The average Bonchev–Trinajstić information content (AvgIpc) is 3.15. The van der Waals surface area contributed by atoms with Gasteiger partial charge < -0.3 is 15.6 Å². The van der Waals surface area contributed by atoms with Gasteiger partial charge in [0.2, 0.25) is 5.91 Å². The molecular weight excluding hydrogens is 399 g/mol. The summed E-state index contributed by atoms with van der Waals surface area (Å²) < 4.78 is 37.2. The molecule has 0 saturated carbocycles. The van der Waals surface area contributed by atoms with Gasteiger partial charge in [-0.15, -0.1) is 0 Å². The van der Waals surface area contributed by atoms with Gasteiger partial charge in [0.15, 0.2) is 5.82 Å². The van der Waals surface area contributed by atoms with E-state index in [9.17, 15) is 18.0 Å². The summed E-state index contributed by atoms with van der Waals surface area (Å²) in [7, 11) is 0. The number of halogens is 3. The molecule has 0 aliphatic rings. The molecule has 0 fully saturated rings. The van der Waals surface area contributed by atoms with Gasteiger partial charge in [0.25, 0.3) is 0 Å². The van der Waals surface area contributed by atoms with Crippen molar-refractivity contribution in [2.45, 2.75) is 19.1 Å². The first-order chi connectivity index (χ1) is 14.3. The smallest absolute Gasteiger partial charge is 0.358 e. The second kappa shape index (κ2) is 7.58. The SMILES string of the molecule is C[C@@H](Nc1nc(-c2c[nH]c3ncncc23)nc2ccccc12)C(=O)NCC(F)(F)F. The molecular formula is C19H16F3N7O. The van der Waals surface area contributed by atoms with E-state index in [1.54, 1.807) is 36.7 Å². The number of nitrogens with one attached hydrogen (secondary N) is 3. The second-order valence-electron chi connectivity index (χ2n) is 6.60. The van der Waals surface area contributed by atoms with Gasteiger partial charge in [-0.1, -0.05) is 12.1 Å². The highest BCUT2D eigenvalue weighted by Gasteiger charge is 2.29. The van der Waals surface area contributed by atoms with Gasteiger partial charge in [-0.25, -0.2) is 19.9 Å². The number of hydrogen-bond donors (Lipinski definition) is 3. The number of fused-ring (bicyclic) bond motifs is 2. The number of H-pyrrole nitrogens is 1. The number of alkyl halides is 3. The van der Waals surface area contributed by atoms with E-state index in [0.717, 1.165) is 5.39 Å². The fourth-order valence-corrected chi connectivity index (χ4v) is 2.96. The number of carbonyl (C=O) groups excluding carboxylic acids is 1. The number of aromatic amines is 1. The lowest BCUT2D eigenvalue weighted by Crippen LogP contribution is -2.42. The Bertz CT molecular complexity index is 1220. The fourth-order valence-electron chi connectivity index (χ4n) is 2.96. The van der Waals surface area contributed by atoms with Gasteiger partial charge in [-0.2, -0.15) is 13.2 Å². The molecule has 0 aliphatic heterocycles. The molecule has 1 amide bonds. The predicted octanol–water partition coefficient (Wildman–Crippen LogP) is 3.05. The first kappa shape index (κ1) is 19.6. The lowest BCUT2D eigenvalue weighted by Gasteiger charge is -2.17. The molecule has 154 valence electrons. The summed E-state index contributed by atoms with van der Waals surface area (Å²) in [5, 5.41) is 6.11. The number of para-hydroxylation sites is 1. The first-order valence-corrected chi connectivity index (χ1v) is 8.97. The van der Waals surface area contributed by atoms with Gasteiger partial charge in [0.1, 0.15) is 30.4 Å². The molecule has 1 atom stereocenters. The molecule has 4 aromatic rings. The maximum absolute atomic E-state index is 12.4. The number of nitrogens with zero attached hydrogens (tertiary/aromatic N) is 4. The maximum Gasteiger partial charge on any atom is 0.405 e. The lowest BCUT2D eigenvalue weighted by molar-refractivity contribution is -0.138. The molecule has 1 aromatic carbocycles. The molecule has 11 heteroatoms. The normalized spacial score (nSPS) is 12.8. The zero-order valence-electron chi connectivity index (χ0n) is 15.7. The van der Waals surface area contributed by atoms with E-state index in [1.165, 1.54) is 13.3 Å². The van der Waals surface area contributed by atoms with Crippen LogP contribution in [-0.4, -0.2) is 49.6 Å². The van der Waals surface area contributed by atoms with Crippen molar-refractivity contribution in [3.8, 4) is 11.4 Å². The van der Waals surface area contributed by atoms with Crippen LogP contribution in [0.25, 0.3) is 33.3 Å². The molecule has 4 rings (SSSR count). The Morgan fingerprint density at radius 2 is 2.00 bits per heavy atom. The van der Waals surface area contributed by atoms with E-state index >= 15 is 0 Å². The van der Waals surface area contributed by atoms with E-state index in [4.69, 9.17) is 0 Å². The van der Waals surface area contributed by atoms with Crippen LogP contribution in [0.3, 0.4) is 0 Å². The molecule has 30 heavy (non-hydrogen) atoms. The Morgan fingerprint density at radius 3 is 2.80 bits per heavy atom. The molecule has 3 heterocycles. The summed E-state index contributed by atoms with van der Waals surface area (Å²) in [4.78, 5) is 32.4. The minimum atomic E-state index is -4.48. The van der Waals surface area contributed by atoms with Crippen LogP contribution in [0.5, 0.6) is 0 Å². The number of aromatic nitrogens is 5. The Labute approximate surface area is 168 Å². The highest BCUT2D eigenvalue weighted by molar-refractivity contribution is 5.96. The van der Waals surface area contributed by atoms with Crippen LogP contribution in [0.4, 0.5) is 19.0 Å². The van der Waals surface area contributed by atoms with E-state index < -0.39 is 24.7 Å². The molecule has 8 nitrogen and oxygen atoms in total. The lowest BCUT2D eigenvalue weighted by atomic mass is 10.2. The Hall–Kier alpha value is -3.76. The van der Waals surface area contributed by atoms with Gasteiger partial charge >= 0.3 is 6.18 Å². The molecule has 0 radical (unpaired) electrons. The van der Waals surface area contributed by atoms with Crippen molar-refractivity contribution >= 4 is 33.7 Å². The molecule has 3 aromatic heterocycles. The van der Waals surface area contributed by atoms with Crippen molar-refractivity contribution in [3.63, 3.8) is 0 Å². The Morgan fingerprint density at radius 1 is 1.20 bits per heavy atom. The summed E-state index contributed by atoms with van der Waals surface area (Å²) in [5.74, 6) is -0.103. The minimum Gasteiger partial charge on any atom is -0.358 e. The standard InChI is InChI=1S/C19H16F3N7O/c1-10(18(30)25-8-19(20,21)22)27-16-11-4-2-3-5-14(11)28-17(29-16)13-7-24-15-12(13)6-23-9-26-15/h2-7,9-10H,8H2,1H3,(H,25,30)(H,23,24,26)(H,27,28,29)/t10-/m1/s1. The monoisotopic (exact) mass is 415 g/mol. The number of benzene rings is 1. The molecule has 0 aliphatic carbocycles. The van der Waals surface area contributed by atoms with Crippen molar-refractivity contribution in [2.24, 2.45) is 0 Å². The van der Waals surface area contributed by atoms with Crippen molar-refractivity contribution in [1.82, 2.24) is 30.2 Å². The highest BCUT2D eigenvalue weighted by atomic mass is 19.4. The molecule has 0 spiro atoms. The molecule has 0 saturated heterocycles. The third kappa shape index (κ3) is 4.00. The minimum absolute atomic E-state index is 0.330. The quantitative estimate of drug-likeness (QED) is 0.462. The van der Waals surface area contributed by atoms with Crippen LogP contribution in [0.1, 0.15) is 6.92 Å². The fraction of sp³-hybridized carbons (Fsp3) is 0.211. The summed E-state index contributed by atoms with van der Waals surface area (Å²) in [6, 6.07) is 6.18. The molecule has 0 unspecified atom stereocenters. The van der Waals surface area contributed by atoms with Crippen LogP contribution >= 0.6 is 0 Å². The number of hydrogen-bond acceptors (Lipinski definition) is 6. The molecule has 3 N–H and O–H groups in total. The van der Waals surface area contributed by atoms with Crippen molar-refractivity contribution in [1.29, 1.82) is 0 Å². The molecule has 0 bridgehead atoms. The highest BCUT2D eigenvalue weighted by Crippen LogP contribution is 2.29. The third-order valence-electron chi connectivity index (χ3n) is 4.41. The second-order valence-corrected chi connectivity index (χ2v) is 6.60. The summed E-state index contributed by atoms with van der Waals surface area (Å²) >= 11 is 0. The van der Waals surface area contributed by atoms with Gasteiger partial charge in [0, 0.05) is 28.7 Å². The number of amides is 1. The largest absolute Gasteiger partial charge is 0.405 e. The van der Waals surface area contributed by atoms with Gasteiger partial charge in [-0.3, -0.25) is 4.79 Å².